The second-order valence-electron chi connectivity index (χ2n) is 3.47. The van der Waals surface area contributed by atoms with Gasteiger partial charge in [-0.25, -0.2) is 0 Å². The lowest BCUT2D eigenvalue weighted by atomic mass is 10.1. The number of aryl methyl sites for hydroxylation is 2. The van der Waals surface area contributed by atoms with E-state index >= 15 is 0 Å². The van der Waals surface area contributed by atoms with Crippen LogP contribution in [-0.2, 0) is 13.0 Å². The molecule has 15 heavy (non-hydrogen) atoms. The highest BCUT2D eigenvalue weighted by Gasteiger charge is 1.98. The van der Waals surface area contributed by atoms with Crippen molar-refractivity contribution >= 4 is 15.9 Å². The summed E-state index contributed by atoms with van der Waals surface area (Å²) in [5.74, 6) is 0. The Morgan fingerprint density at radius 1 is 1.13 bits per heavy atom. The molecule has 2 rings (SSSR count). The number of hydrogen-bond donors (Lipinski definition) is 0. The molecule has 2 nitrogen and oxygen atoms in total. The van der Waals surface area contributed by atoms with Crippen LogP contribution in [0.1, 0.15) is 12.0 Å². The van der Waals surface area contributed by atoms with Crippen molar-refractivity contribution in [3.05, 3.63) is 52.8 Å². The molecule has 0 N–H and O–H groups in total. The van der Waals surface area contributed by atoms with Crippen LogP contribution in [0, 0.1) is 0 Å². The van der Waals surface area contributed by atoms with E-state index in [1.165, 1.54) is 5.56 Å². The summed E-state index contributed by atoms with van der Waals surface area (Å²) in [5.41, 5.74) is 1.39. The maximum absolute atomic E-state index is 4.22. The highest BCUT2D eigenvalue weighted by molar-refractivity contribution is 9.10. The first kappa shape index (κ1) is 10.4. The van der Waals surface area contributed by atoms with Crippen molar-refractivity contribution < 1.29 is 0 Å². The predicted molar refractivity (Wildman–Crippen MR) is 64.7 cm³/mol. The lowest BCUT2D eigenvalue weighted by Gasteiger charge is -2.03. The molecule has 1 aromatic heterocycles. The van der Waals surface area contributed by atoms with Crippen molar-refractivity contribution in [1.82, 2.24) is 9.78 Å². The van der Waals surface area contributed by atoms with Gasteiger partial charge in [0.2, 0.25) is 0 Å². The van der Waals surface area contributed by atoms with Gasteiger partial charge in [0.1, 0.15) is 4.60 Å². The van der Waals surface area contributed by atoms with Gasteiger partial charge in [0.15, 0.2) is 0 Å². The molecule has 0 fully saturated rings. The molecule has 0 radical (unpaired) electrons. The zero-order valence-corrected chi connectivity index (χ0v) is 10.0. The fraction of sp³-hybridized carbons (Fsp3) is 0.250. The van der Waals surface area contributed by atoms with Gasteiger partial charge >= 0.3 is 0 Å². The Morgan fingerprint density at radius 3 is 2.60 bits per heavy atom. The number of hydrogen-bond acceptors (Lipinski definition) is 1. The Bertz CT molecular complexity index is 409. The predicted octanol–water partition coefficient (Wildman–Crippen LogP) is 3.28. The lowest BCUT2D eigenvalue weighted by molar-refractivity contribution is 0.568. The second kappa shape index (κ2) is 5.12. The zero-order valence-electron chi connectivity index (χ0n) is 8.44. The van der Waals surface area contributed by atoms with Crippen molar-refractivity contribution in [2.75, 3.05) is 0 Å². The number of benzene rings is 1. The molecule has 1 aromatic carbocycles. The molecule has 0 bridgehead atoms. The van der Waals surface area contributed by atoms with E-state index in [4.69, 9.17) is 0 Å². The van der Waals surface area contributed by atoms with Crippen LogP contribution in [-0.4, -0.2) is 9.78 Å². The van der Waals surface area contributed by atoms with Crippen LogP contribution >= 0.6 is 15.9 Å². The van der Waals surface area contributed by atoms with Crippen molar-refractivity contribution in [3.63, 3.8) is 0 Å². The van der Waals surface area contributed by atoms with Crippen molar-refractivity contribution in [2.24, 2.45) is 0 Å². The molecule has 0 atom stereocenters. The Kier molecular flexibility index (Phi) is 3.56. The smallest absolute Gasteiger partial charge is 0.104 e. The topological polar surface area (TPSA) is 17.8 Å². The van der Waals surface area contributed by atoms with E-state index in [9.17, 15) is 0 Å². The fourth-order valence-corrected chi connectivity index (χ4v) is 1.95. The molecule has 0 aliphatic rings. The lowest BCUT2D eigenvalue weighted by Crippen LogP contribution is -2.01. The maximum Gasteiger partial charge on any atom is 0.104 e. The van der Waals surface area contributed by atoms with Gasteiger partial charge in [-0.15, -0.1) is 0 Å². The summed E-state index contributed by atoms with van der Waals surface area (Å²) >= 11 is 3.45. The molecule has 0 unspecified atom stereocenters. The number of nitrogens with zero attached hydrogens (tertiary/aromatic N) is 2. The van der Waals surface area contributed by atoms with Crippen molar-refractivity contribution in [2.45, 2.75) is 19.4 Å². The van der Waals surface area contributed by atoms with E-state index in [0.717, 1.165) is 24.0 Å². The van der Waals surface area contributed by atoms with Gasteiger partial charge < -0.3 is 0 Å². The minimum Gasteiger partial charge on any atom is -0.258 e. The Morgan fingerprint density at radius 2 is 1.93 bits per heavy atom. The van der Waals surface area contributed by atoms with Gasteiger partial charge in [-0.2, -0.15) is 5.10 Å². The van der Waals surface area contributed by atoms with Crippen LogP contribution in [0.4, 0.5) is 0 Å². The zero-order chi connectivity index (χ0) is 10.5. The van der Waals surface area contributed by atoms with E-state index in [2.05, 4.69) is 45.3 Å². The summed E-state index contributed by atoms with van der Waals surface area (Å²) < 4.78 is 3.03. The van der Waals surface area contributed by atoms with Gasteiger partial charge in [0.25, 0.3) is 0 Å². The molecule has 3 heteroatoms. The molecule has 78 valence electrons. The summed E-state index contributed by atoms with van der Waals surface area (Å²) in [4.78, 5) is 0. The normalized spacial score (nSPS) is 10.5. The van der Waals surface area contributed by atoms with Crippen LogP contribution in [0.5, 0.6) is 0 Å². The van der Waals surface area contributed by atoms with Crippen LogP contribution in [0.3, 0.4) is 0 Å². The fourth-order valence-electron chi connectivity index (χ4n) is 1.56. The monoisotopic (exact) mass is 264 g/mol. The first-order valence-corrected chi connectivity index (χ1v) is 5.87. The number of aromatic nitrogens is 2. The average Bonchev–Trinajstić information content (AvgIpc) is 2.66. The Labute approximate surface area is 98.1 Å². The van der Waals surface area contributed by atoms with E-state index in [0.29, 0.717) is 0 Å². The van der Waals surface area contributed by atoms with Gasteiger partial charge in [-0.05, 0) is 40.4 Å². The van der Waals surface area contributed by atoms with Crippen LogP contribution in [0.2, 0.25) is 0 Å². The van der Waals surface area contributed by atoms with Crippen molar-refractivity contribution in [1.29, 1.82) is 0 Å². The quantitative estimate of drug-likeness (QED) is 0.829. The number of halogens is 1. The molecule has 1 heterocycles. The Balaban J connectivity index is 1.83. The Hall–Kier alpha value is -1.09. The van der Waals surface area contributed by atoms with Gasteiger partial charge in [0.05, 0.1) is 6.20 Å². The van der Waals surface area contributed by atoms with E-state index in [-0.39, 0.29) is 0 Å². The summed E-state index contributed by atoms with van der Waals surface area (Å²) in [6, 6.07) is 12.5. The standard InChI is InChI=1S/C12H13BrN2/c13-12-8-9-14-15(12)10-4-7-11-5-2-1-3-6-11/h1-3,5-6,8-9H,4,7,10H2. The third kappa shape index (κ3) is 2.93. The molecule has 0 saturated heterocycles. The maximum atomic E-state index is 4.22. The average molecular weight is 265 g/mol. The summed E-state index contributed by atoms with van der Waals surface area (Å²) in [6.45, 7) is 0.961. The molecule has 0 aliphatic carbocycles. The molecular formula is C12H13BrN2. The molecule has 0 amide bonds. The molecule has 2 aromatic rings. The van der Waals surface area contributed by atoms with Crippen LogP contribution in [0.15, 0.2) is 47.2 Å². The molecule has 0 aliphatic heterocycles. The third-order valence-corrected chi connectivity index (χ3v) is 3.02. The third-order valence-electron chi connectivity index (χ3n) is 2.34. The van der Waals surface area contributed by atoms with E-state index in [1.54, 1.807) is 0 Å². The molecular weight excluding hydrogens is 252 g/mol. The summed E-state index contributed by atoms with van der Waals surface area (Å²) in [5, 5.41) is 4.22. The first-order chi connectivity index (χ1) is 7.36. The first-order valence-electron chi connectivity index (χ1n) is 5.07. The minimum absolute atomic E-state index is 0.961. The number of rotatable bonds is 4. The summed E-state index contributed by atoms with van der Waals surface area (Å²) in [7, 11) is 0. The van der Waals surface area contributed by atoms with Gasteiger partial charge in [-0.3, -0.25) is 4.68 Å². The van der Waals surface area contributed by atoms with Crippen LogP contribution < -0.4 is 0 Å². The van der Waals surface area contributed by atoms with Crippen molar-refractivity contribution in [3.8, 4) is 0 Å². The SMILES string of the molecule is Brc1ccnn1CCCc1ccccc1. The molecule has 0 spiro atoms. The molecule has 0 saturated carbocycles. The van der Waals surface area contributed by atoms with E-state index < -0.39 is 0 Å². The minimum atomic E-state index is 0.961. The van der Waals surface area contributed by atoms with Gasteiger partial charge in [-0.1, -0.05) is 30.3 Å². The van der Waals surface area contributed by atoms with E-state index in [1.807, 2.05) is 23.0 Å². The summed E-state index contributed by atoms with van der Waals surface area (Å²) in [6.07, 6.45) is 4.03. The second-order valence-corrected chi connectivity index (χ2v) is 4.28. The highest BCUT2D eigenvalue weighted by atomic mass is 79.9. The highest BCUT2D eigenvalue weighted by Crippen LogP contribution is 2.09. The largest absolute Gasteiger partial charge is 0.258 e. The van der Waals surface area contributed by atoms with Crippen LogP contribution in [0.25, 0.3) is 0 Å². The van der Waals surface area contributed by atoms with Gasteiger partial charge in [0, 0.05) is 6.54 Å².